The van der Waals surface area contributed by atoms with Gasteiger partial charge in [-0.2, -0.15) is 0 Å². The lowest BCUT2D eigenvalue weighted by atomic mass is 10.2. The van der Waals surface area contributed by atoms with E-state index in [0.717, 1.165) is 17.9 Å². The van der Waals surface area contributed by atoms with Crippen molar-refractivity contribution in [2.24, 2.45) is 0 Å². The Bertz CT molecular complexity index is 924. The molecule has 0 N–H and O–H groups in total. The van der Waals surface area contributed by atoms with Gasteiger partial charge in [-0.15, -0.1) is 0 Å². The quantitative estimate of drug-likeness (QED) is 0.793. The molecule has 29 heavy (non-hydrogen) atoms. The maximum Gasteiger partial charge on any atom is 0.409 e. The van der Waals surface area contributed by atoms with Crippen molar-refractivity contribution >= 4 is 23.5 Å². The molecule has 0 unspecified atom stereocenters. The van der Waals surface area contributed by atoms with E-state index >= 15 is 0 Å². The van der Waals surface area contributed by atoms with Crippen LogP contribution < -0.4 is 9.80 Å². The molecule has 0 saturated carbocycles. The van der Waals surface area contributed by atoms with Crippen molar-refractivity contribution in [2.75, 3.05) is 49.1 Å². The smallest absolute Gasteiger partial charge is 0.409 e. The number of amides is 2. The van der Waals surface area contributed by atoms with E-state index in [4.69, 9.17) is 4.74 Å². The van der Waals surface area contributed by atoms with Crippen LogP contribution in [0.1, 0.15) is 28.8 Å². The topological polar surface area (TPSA) is 78.9 Å². The molecule has 4 rings (SSSR count). The number of rotatable bonds is 3. The standard InChI is InChI=1S/C21H25N5O3/c1-3-29-21(28)25-12-10-24(11-13-25)19-14-17(22-15(2)23-19)20(27)26-9-8-16-6-4-5-7-18(16)26/h4-7,14H,3,8-13H2,1-2H3. The zero-order chi connectivity index (χ0) is 20.4. The van der Waals surface area contributed by atoms with Gasteiger partial charge in [0.05, 0.1) is 6.61 Å². The number of aryl methyl sites for hydroxylation is 1. The minimum Gasteiger partial charge on any atom is -0.450 e. The molecule has 1 saturated heterocycles. The van der Waals surface area contributed by atoms with E-state index in [0.29, 0.717) is 50.8 Å². The number of nitrogens with zero attached hydrogens (tertiary/aromatic N) is 5. The Kier molecular flexibility index (Phi) is 5.33. The zero-order valence-electron chi connectivity index (χ0n) is 16.8. The summed E-state index contributed by atoms with van der Waals surface area (Å²) in [6.45, 7) is 7.02. The molecule has 1 aromatic heterocycles. The van der Waals surface area contributed by atoms with Gasteiger partial charge in [-0.25, -0.2) is 14.8 Å². The maximum absolute atomic E-state index is 13.2. The Morgan fingerprint density at radius 1 is 1.07 bits per heavy atom. The monoisotopic (exact) mass is 395 g/mol. The summed E-state index contributed by atoms with van der Waals surface area (Å²) in [6, 6.07) is 9.74. The van der Waals surface area contributed by atoms with Gasteiger partial charge in [0.1, 0.15) is 17.3 Å². The fraction of sp³-hybridized carbons (Fsp3) is 0.429. The molecular weight excluding hydrogens is 370 g/mol. The van der Waals surface area contributed by atoms with Crippen LogP contribution in [0.3, 0.4) is 0 Å². The molecule has 1 fully saturated rings. The lowest BCUT2D eigenvalue weighted by Crippen LogP contribution is -2.49. The average molecular weight is 395 g/mol. The predicted molar refractivity (Wildman–Crippen MR) is 109 cm³/mol. The number of ether oxygens (including phenoxy) is 1. The molecule has 152 valence electrons. The van der Waals surface area contributed by atoms with Crippen LogP contribution in [0.2, 0.25) is 0 Å². The van der Waals surface area contributed by atoms with Crippen molar-refractivity contribution in [3.63, 3.8) is 0 Å². The maximum atomic E-state index is 13.2. The summed E-state index contributed by atoms with van der Waals surface area (Å²) in [5.74, 6) is 1.18. The molecule has 1 aromatic carbocycles. The molecular formula is C21H25N5O3. The van der Waals surface area contributed by atoms with Gasteiger partial charge in [-0.3, -0.25) is 4.79 Å². The first-order valence-electron chi connectivity index (χ1n) is 9.99. The second-order valence-corrected chi connectivity index (χ2v) is 7.17. The lowest BCUT2D eigenvalue weighted by Gasteiger charge is -2.34. The van der Waals surface area contributed by atoms with E-state index in [1.165, 1.54) is 5.56 Å². The highest BCUT2D eigenvalue weighted by molar-refractivity contribution is 6.06. The fourth-order valence-corrected chi connectivity index (χ4v) is 3.84. The summed E-state index contributed by atoms with van der Waals surface area (Å²) in [7, 11) is 0. The highest BCUT2D eigenvalue weighted by atomic mass is 16.6. The Hall–Kier alpha value is -3.16. The van der Waals surface area contributed by atoms with Gasteiger partial charge < -0.3 is 19.4 Å². The summed E-state index contributed by atoms with van der Waals surface area (Å²) in [6.07, 6.45) is 0.573. The van der Waals surface area contributed by atoms with Crippen LogP contribution >= 0.6 is 0 Å². The van der Waals surface area contributed by atoms with Gasteiger partial charge in [0.15, 0.2) is 0 Å². The SMILES string of the molecule is CCOC(=O)N1CCN(c2cc(C(=O)N3CCc4ccccc43)nc(C)n2)CC1. The lowest BCUT2D eigenvalue weighted by molar-refractivity contribution is 0.0984. The van der Waals surface area contributed by atoms with Crippen LogP contribution in [0, 0.1) is 6.92 Å². The van der Waals surface area contributed by atoms with Crippen molar-refractivity contribution in [1.29, 1.82) is 0 Å². The first-order chi connectivity index (χ1) is 14.1. The normalized spacial score (nSPS) is 16.0. The molecule has 2 aliphatic heterocycles. The molecule has 0 aliphatic carbocycles. The van der Waals surface area contributed by atoms with Gasteiger partial charge in [0.2, 0.25) is 0 Å². The molecule has 2 aromatic rings. The molecule has 3 heterocycles. The minimum absolute atomic E-state index is 0.105. The third-order valence-electron chi connectivity index (χ3n) is 5.31. The summed E-state index contributed by atoms with van der Waals surface area (Å²) in [5.41, 5.74) is 2.54. The average Bonchev–Trinajstić information content (AvgIpc) is 3.17. The van der Waals surface area contributed by atoms with Gasteiger partial charge in [-0.05, 0) is 31.9 Å². The highest BCUT2D eigenvalue weighted by Gasteiger charge is 2.28. The van der Waals surface area contributed by atoms with E-state index in [-0.39, 0.29) is 12.0 Å². The minimum atomic E-state index is -0.283. The van der Waals surface area contributed by atoms with Crippen molar-refractivity contribution in [1.82, 2.24) is 14.9 Å². The summed E-state index contributed by atoms with van der Waals surface area (Å²) >= 11 is 0. The van der Waals surface area contributed by atoms with Gasteiger partial charge in [0.25, 0.3) is 5.91 Å². The Morgan fingerprint density at radius 2 is 1.83 bits per heavy atom. The fourth-order valence-electron chi connectivity index (χ4n) is 3.84. The van der Waals surface area contributed by atoms with E-state index < -0.39 is 0 Å². The molecule has 8 nitrogen and oxygen atoms in total. The van der Waals surface area contributed by atoms with E-state index in [2.05, 4.69) is 20.9 Å². The van der Waals surface area contributed by atoms with Crippen molar-refractivity contribution in [3.05, 3.63) is 47.4 Å². The molecule has 0 radical (unpaired) electrons. The highest BCUT2D eigenvalue weighted by Crippen LogP contribution is 2.29. The van der Waals surface area contributed by atoms with E-state index in [1.807, 2.05) is 18.2 Å². The Labute approximate surface area is 170 Å². The van der Waals surface area contributed by atoms with E-state index in [1.54, 1.807) is 29.7 Å². The van der Waals surface area contributed by atoms with Crippen molar-refractivity contribution in [3.8, 4) is 0 Å². The van der Waals surface area contributed by atoms with Gasteiger partial charge >= 0.3 is 6.09 Å². The van der Waals surface area contributed by atoms with Crippen LogP contribution in [0.15, 0.2) is 30.3 Å². The summed E-state index contributed by atoms with van der Waals surface area (Å²) in [5, 5.41) is 0. The summed E-state index contributed by atoms with van der Waals surface area (Å²) < 4.78 is 5.07. The van der Waals surface area contributed by atoms with Crippen LogP contribution in [0.5, 0.6) is 0 Å². The third-order valence-corrected chi connectivity index (χ3v) is 5.31. The third kappa shape index (κ3) is 3.87. The molecule has 2 aliphatic rings. The molecule has 2 amide bonds. The van der Waals surface area contributed by atoms with Crippen molar-refractivity contribution in [2.45, 2.75) is 20.3 Å². The van der Waals surface area contributed by atoms with Gasteiger partial charge in [-0.1, -0.05) is 18.2 Å². The first-order valence-corrected chi connectivity index (χ1v) is 9.99. The van der Waals surface area contributed by atoms with Crippen LogP contribution in [-0.2, 0) is 11.2 Å². The van der Waals surface area contributed by atoms with Crippen LogP contribution in [-0.4, -0.2) is 66.2 Å². The number of carbonyl (C=O) groups is 2. The number of anilines is 2. The Morgan fingerprint density at radius 3 is 2.59 bits per heavy atom. The number of benzene rings is 1. The molecule has 0 spiro atoms. The second kappa shape index (κ2) is 8.06. The van der Waals surface area contributed by atoms with Gasteiger partial charge in [0, 0.05) is 44.5 Å². The number of aromatic nitrogens is 2. The number of piperazine rings is 1. The predicted octanol–water partition coefficient (Wildman–Crippen LogP) is 2.27. The van der Waals surface area contributed by atoms with Crippen LogP contribution in [0.4, 0.5) is 16.3 Å². The summed E-state index contributed by atoms with van der Waals surface area (Å²) in [4.78, 5) is 39.5. The zero-order valence-corrected chi connectivity index (χ0v) is 16.8. The number of para-hydroxylation sites is 1. The molecule has 0 atom stereocenters. The molecule has 0 bridgehead atoms. The first kappa shape index (κ1) is 19.2. The number of hydrogen-bond acceptors (Lipinski definition) is 6. The number of fused-ring (bicyclic) bond motifs is 1. The van der Waals surface area contributed by atoms with Crippen LogP contribution in [0.25, 0.3) is 0 Å². The Balaban J connectivity index is 1.50. The largest absolute Gasteiger partial charge is 0.450 e. The number of carbonyl (C=O) groups excluding carboxylic acids is 2. The van der Waals surface area contributed by atoms with E-state index in [9.17, 15) is 9.59 Å². The second-order valence-electron chi connectivity index (χ2n) is 7.17. The number of hydrogen-bond donors (Lipinski definition) is 0. The van der Waals surface area contributed by atoms with Crippen molar-refractivity contribution < 1.29 is 14.3 Å². The molecule has 8 heteroatoms.